The summed E-state index contributed by atoms with van der Waals surface area (Å²) < 4.78 is 11.7. The number of anilines is 1. The Hall–Kier alpha value is -4.27. The standard InChI is InChI=1S/C29H23ClN2O3/c1-19-8-5-14-25(30)27(19)32-29(33)23(17-31)16-21-11-7-15-26(34-2)28(21)35-18-22-12-6-10-20-9-3-4-13-24(20)22/h3-16H,18H2,1-2H3,(H,32,33)/b23-16+. The Morgan fingerprint density at radius 1 is 1.03 bits per heavy atom. The van der Waals surface area contributed by atoms with Crippen molar-refractivity contribution in [2.45, 2.75) is 13.5 Å². The number of nitrogens with zero attached hydrogens (tertiary/aromatic N) is 1. The number of fused-ring (bicyclic) bond motifs is 1. The molecule has 4 aromatic rings. The van der Waals surface area contributed by atoms with E-state index in [-0.39, 0.29) is 12.2 Å². The van der Waals surface area contributed by atoms with Crippen molar-refractivity contribution >= 4 is 40.0 Å². The molecular formula is C29H23ClN2O3. The van der Waals surface area contributed by atoms with Crippen molar-refractivity contribution in [2.75, 3.05) is 12.4 Å². The number of aryl methyl sites for hydroxylation is 1. The third-order valence-electron chi connectivity index (χ3n) is 5.61. The van der Waals surface area contributed by atoms with Crippen LogP contribution in [0.4, 0.5) is 5.69 Å². The maximum atomic E-state index is 12.9. The van der Waals surface area contributed by atoms with Gasteiger partial charge in [0.25, 0.3) is 5.91 Å². The number of para-hydroxylation sites is 2. The quantitative estimate of drug-likeness (QED) is 0.229. The molecule has 0 aliphatic carbocycles. The lowest BCUT2D eigenvalue weighted by molar-refractivity contribution is -0.112. The van der Waals surface area contributed by atoms with Gasteiger partial charge in [-0.3, -0.25) is 4.79 Å². The van der Waals surface area contributed by atoms with Crippen molar-refractivity contribution in [3.8, 4) is 17.6 Å². The number of nitriles is 1. The minimum atomic E-state index is -0.563. The van der Waals surface area contributed by atoms with Gasteiger partial charge >= 0.3 is 0 Å². The van der Waals surface area contributed by atoms with E-state index >= 15 is 0 Å². The molecule has 0 aliphatic rings. The highest BCUT2D eigenvalue weighted by atomic mass is 35.5. The number of methoxy groups -OCH3 is 1. The summed E-state index contributed by atoms with van der Waals surface area (Å²) in [7, 11) is 1.55. The van der Waals surface area contributed by atoms with Crippen molar-refractivity contribution < 1.29 is 14.3 Å². The molecule has 0 fully saturated rings. The van der Waals surface area contributed by atoms with Crippen LogP contribution in [-0.2, 0) is 11.4 Å². The summed E-state index contributed by atoms with van der Waals surface area (Å²) in [5, 5.41) is 15.1. The molecule has 0 spiro atoms. The first-order valence-corrected chi connectivity index (χ1v) is 11.3. The van der Waals surface area contributed by atoms with E-state index in [9.17, 15) is 10.1 Å². The fourth-order valence-corrected chi connectivity index (χ4v) is 4.07. The van der Waals surface area contributed by atoms with E-state index in [0.29, 0.717) is 27.8 Å². The van der Waals surface area contributed by atoms with E-state index in [1.54, 1.807) is 37.4 Å². The van der Waals surface area contributed by atoms with Crippen LogP contribution in [0.15, 0.2) is 84.4 Å². The molecule has 0 saturated carbocycles. The number of nitrogens with one attached hydrogen (secondary N) is 1. The van der Waals surface area contributed by atoms with Crippen LogP contribution in [0.3, 0.4) is 0 Å². The maximum Gasteiger partial charge on any atom is 0.266 e. The minimum absolute atomic E-state index is 0.0902. The van der Waals surface area contributed by atoms with Gasteiger partial charge < -0.3 is 14.8 Å². The normalized spacial score (nSPS) is 11.1. The van der Waals surface area contributed by atoms with E-state index in [2.05, 4.69) is 17.4 Å². The minimum Gasteiger partial charge on any atom is -0.493 e. The van der Waals surface area contributed by atoms with E-state index in [0.717, 1.165) is 21.9 Å². The van der Waals surface area contributed by atoms with Gasteiger partial charge in [0.1, 0.15) is 18.2 Å². The Labute approximate surface area is 209 Å². The summed E-state index contributed by atoms with van der Waals surface area (Å²) in [4.78, 5) is 12.9. The van der Waals surface area contributed by atoms with Crippen LogP contribution in [-0.4, -0.2) is 13.0 Å². The molecule has 0 aromatic heterocycles. The van der Waals surface area contributed by atoms with Gasteiger partial charge in [-0.25, -0.2) is 0 Å². The smallest absolute Gasteiger partial charge is 0.266 e. The van der Waals surface area contributed by atoms with E-state index in [1.165, 1.54) is 6.08 Å². The number of hydrogen-bond donors (Lipinski definition) is 1. The van der Waals surface area contributed by atoms with Crippen LogP contribution in [0.1, 0.15) is 16.7 Å². The average molecular weight is 483 g/mol. The van der Waals surface area contributed by atoms with Crippen LogP contribution in [0.2, 0.25) is 5.02 Å². The summed E-state index contributed by atoms with van der Waals surface area (Å²) >= 11 is 6.23. The molecule has 0 saturated heterocycles. The van der Waals surface area contributed by atoms with Gasteiger partial charge in [0.15, 0.2) is 11.5 Å². The van der Waals surface area contributed by atoms with Gasteiger partial charge in [0.05, 0.1) is 17.8 Å². The van der Waals surface area contributed by atoms with Crippen molar-refractivity contribution in [2.24, 2.45) is 0 Å². The highest BCUT2D eigenvalue weighted by molar-refractivity contribution is 6.34. The van der Waals surface area contributed by atoms with Crippen LogP contribution >= 0.6 is 11.6 Å². The second-order valence-corrected chi connectivity index (χ2v) is 8.27. The first-order valence-electron chi connectivity index (χ1n) is 11.0. The monoisotopic (exact) mass is 482 g/mol. The molecule has 1 amide bonds. The predicted molar refractivity (Wildman–Crippen MR) is 140 cm³/mol. The number of ether oxygens (including phenoxy) is 2. The average Bonchev–Trinajstić information content (AvgIpc) is 2.88. The highest BCUT2D eigenvalue weighted by Crippen LogP contribution is 2.34. The Balaban J connectivity index is 1.65. The van der Waals surface area contributed by atoms with Gasteiger partial charge in [-0.15, -0.1) is 0 Å². The van der Waals surface area contributed by atoms with Crippen molar-refractivity contribution in [3.63, 3.8) is 0 Å². The van der Waals surface area contributed by atoms with Gasteiger partial charge in [-0.1, -0.05) is 78.3 Å². The molecule has 4 aromatic carbocycles. The molecule has 6 heteroatoms. The summed E-state index contributed by atoms with van der Waals surface area (Å²) in [5.41, 5.74) is 2.73. The molecular weight excluding hydrogens is 460 g/mol. The number of amides is 1. The van der Waals surface area contributed by atoms with Gasteiger partial charge in [0.2, 0.25) is 0 Å². The zero-order valence-electron chi connectivity index (χ0n) is 19.3. The largest absolute Gasteiger partial charge is 0.493 e. The zero-order chi connectivity index (χ0) is 24.8. The summed E-state index contributed by atoms with van der Waals surface area (Å²) in [6.07, 6.45) is 1.49. The van der Waals surface area contributed by atoms with E-state index in [4.69, 9.17) is 21.1 Å². The van der Waals surface area contributed by atoms with Crippen molar-refractivity contribution in [1.82, 2.24) is 0 Å². The molecule has 174 valence electrons. The molecule has 0 bridgehead atoms. The summed E-state index contributed by atoms with van der Waals surface area (Å²) in [6.45, 7) is 2.12. The molecule has 0 aliphatic heterocycles. The summed E-state index contributed by atoms with van der Waals surface area (Å²) in [6, 6.07) is 26.7. The van der Waals surface area contributed by atoms with E-state index in [1.807, 2.05) is 49.4 Å². The molecule has 0 unspecified atom stereocenters. The zero-order valence-corrected chi connectivity index (χ0v) is 20.1. The van der Waals surface area contributed by atoms with Crippen LogP contribution in [0.5, 0.6) is 11.5 Å². The second-order valence-electron chi connectivity index (χ2n) is 7.86. The lowest BCUT2D eigenvalue weighted by Gasteiger charge is -2.15. The molecule has 5 nitrogen and oxygen atoms in total. The molecule has 4 rings (SSSR count). The fourth-order valence-electron chi connectivity index (χ4n) is 3.81. The highest BCUT2D eigenvalue weighted by Gasteiger charge is 2.16. The van der Waals surface area contributed by atoms with E-state index < -0.39 is 5.91 Å². The Morgan fingerprint density at radius 2 is 1.77 bits per heavy atom. The molecule has 35 heavy (non-hydrogen) atoms. The number of hydrogen-bond acceptors (Lipinski definition) is 4. The van der Waals surface area contributed by atoms with Crippen LogP contribution < -0.4 is 14.8 Å². The maximum absolute atomic E-state index is 12.9. The van der Waals surface area contributed by atoms with Crippen LogP contribution in [0.25, 0.3) is 16.8 Å². The number of benzene rings is 4. The Kier molecular flexibility index (Phi) is 7.35. The lowest BCUT2D eigenvalue weighted by Crippen LogP contribution is -2.14. The number of rotatable bonds is 7. The van der Waals surface area contributed by atoms with Crippen LogP contribution in [0, 0.1) is 18.3 Å². The lowest BCUT2D eigenvalue weighted by atomic mass is 10.1. The van der Waals surface area contributed by atoms with Gasteiger partial charge in [-0.05, 0) is 47.0 Å². The molecule has 0 atom stereocenters. The van der Waals surface area contributed by atoms with Crippen molar-refractivity contribution in [1.29, 1.82) is 5.26 Å². The number of halogens is 1. The predicted octanol–water partition coefficient (Wildman–Crippen LogP) is 6.93. The Bertz CT molecular complexity index is 1450. The fraction of sp³-hybridized carbons (Fsp3) is 0.103. The number of carbonyl (C=O) groups is 1. The van der Waals surface area contributed by atoms with Gasteiger partial charge in [0, 0.05) is 5.56 Å². The summed E-state index contributed by atoms with van der Waals surface area (Å²) in [5.74, 6) is 0.377. The van der Waals surface area contributed by atoms with Crippen molar-refractivity contribution in [3.05, 3.63) is 106 Å². The molecule has 0 heterocycles. The van der Waals surface area contributed by atoms with Gasteiger partial charge in [-0.2, -0.15) is 5.26 Å². The first-order chi connectivity index (χ1) is 17.0. The SMILES string of the molecule is COc1cccc(/C=C(\C#N)C(=O)Nc2c(C)cccc2Cl)c1OCc1cccc2ccccc12. The first kappa shape index (κ1) is 23.9. The topological polar surface area (TPSA) is 71.3 Å². The Morgan fingerprint density at radius 3 is 2.54 bits per heavy atom. The second kappa shape index (κ2) is 10.8. The molecule has 0 radical (unpaired) electrons. The third kappa shape index (κ3) is 5.29. The molecule has 1 N–H and O–H groups in total. The number of carbonyl (C=O) groups excluding carboxylic acids is 1. The third-order valence-corrected chi connectivity index (χ3v) is 5.92.